The van der Waals surface area contributed by atoms with Gasteiger partial charge in [-0.05, 0) is 30.7 Å². The van der Waals surface area contributed by atoms with E-state index in [-0.39, 0.29) is 30.5 Å². The van der Waals surface area contributed by atoms with Crippen LogP contribution in [0.5, 0.6) is 0 Å². The molecule has 0 saturated carbocycles. The third kappa shape index (κ3) is 6.08. The number of aliphatic hydroxyl groups excluding tert-OH is 1. The van der Waals surface area contributed by atoms with Crippen LogP contribution in [0, 0.1) is 0 Å². The Labute approximate surface area is 134 Å². The molecule has 1 aromatic rings. The van der Waals surface area contributed by atoms with Crippen molar-refractivity contribution in [2.24, 2.45) is 10.7 Å². The molecule has 4 N–H and O–H groups in total. The number of nitrogens with zero attached hydrogens (tertiary/aromatic N) is 1. The molecule has 18 heavy (non-hydrogen) atoms. The largest absolute Gasteiger partial charge is 0.386 e. The highest BCUT2D eigenvalue weighted by molar-refractivity contribution is 14.0. The van der Waals surface area contributed by atoms with Crippen molar-refractivity contribution in [1.29, 1.82) is 0 Å². The Morgan fingerprint density at radius 2 is 1.94 bits per heavy atom. The van der Waals surface area contributed by atoms with Crippen LogP contribution in [0.3, 0.4) is 0 Å². The molecule has 1 unspecified atom stereocenters. The summed E-state index contributed by atoms with van der Waals surface area (Å²) < 4.78 is 0. The molecule has 0 radical (unpaired) electrons. The zero-order chi connectivity index (χ0) is 12.8. The highest BCUT2D eigenvalue weighted by atomic mass is 127. The van der Waals surface area contributed by atoms with Crippen molar-refractivity contribution in [3.8, 4) is 0 Å². The number of hydrogen-bond acceptors (Lipinski definition) is 2. The van der Waals surface area contributed by atoms with Gasteiger partial charge >= 0.3 is 0 Å². The number of hydrogen-bond donors (Lipinski definition) is 3. The van der Waals surface area contributed by atoms with Crippen LogP contribution in [-0.2, 0) is 0 Å². The van der Waals surface area contributed by atoms with Gasteiger partial charge in [-0.3, -0.25) is 4.99 Å². The summed E-state index contributed by atoms with van der Waals surface area (Å²) in [6.07, 6.45) is -0.775. The summed E-state index contributed by atoms with van der Waals surface area (Å²) in [5, 5.41) is 13.7. The van der Waals surface area contributed by atoms with E-state index in [0.29, 0.717) is 28.1 Å². The van der Waals surface area contributed by atoms with Crippen LogP contribution >= 0.6 is 47.2 Å². The molecule has 0 heterocycles. The molecule has 0 bridgehead atoms. The zero-order valence-corrected chi connectivity index (χ0v) is 13.7. The standard InChI is InChI=1S/C11H15Cl2N3O.HI/c1-2-15-11(14)16-6-10(17)7-3-8(12)5-9(13)4-7;/h3-5,10,17H,2,6H2,1H3,(H3,14,15,16);1H. The van der Waals surface area contributed by atoms with Crippen LogP contribution in [0.15, 0.2) is 23.2 Å². The average molecular weight is 404 g/mol. The van der Waals surface area contributed by atoms with E-state index in [2.05, 4.69) is 10.3 Å². The monoisotopic (exact) mass is 403 g/mol. The molecule has 1 aromatic carbocycles. The second-order valence-electron chi connectivity index (χ2n) is 3.47. The van der Waals surface area contributed by atoms with E-state index >= 15 is 0 Å². The van der Waals surface area contributed by atoms with E-state index in [0.717, 1.165) is 0 Å². The van der Waals surface area contributed by atoms with Crippen LogP contribution in [0.2, 0.25) is 10.0 Å². The van der Waals surface area contributed by atoms with E-state index in [4.69, 9.17) is 28.9 Å². The van der Waals surface area contributed by atoms with Crippen molar-refractivity contribution < 1.29 is 5.11 Å². The number of nitrogens with one attached hydrogen (secondary N) is 1. The molecule has 7 heteroatoms. The number of aliphatic hydroxyl groups is 1. The fourth-order valence-corrected chi connectivity index (χ4v) is 1.84. The number of guanidine groups is 1. The van der Waals surface area contributed by atoms with E-state index in [1.54, 1.807) is 18.2 Å². The molecular weight excluding hydrogens is 388 g/mol. The van der Waals surface area contributed by atoms with Gasteiger partial charge in [0.15, 0.2) is 5.96 Å². The lowest BCUT2D eigenvalue weighted by molar-refractivity contribution is 0.187. The molecule has 102 valence electrons. The summed E-state index contributed by atoms with van der Waals surface area (Å²) in [6, 6.07) is 4.91. The average Bonchev–Trinajstić information content (AvgIpc) is 2.25. The normalized spacial score (nSPS) is 12.8. The quantitative estimate of drug-likeness (QED) is 0.411. The Bertz CT molecular complexity index is 395. The van der Waals surface area contributed by atoms with Gasteiger partial charge < -0.3 is 16.2 Å². The SMILES string of the molecule is CCNC(N)=NCC(O)c1cc(Cl)cc(Cl)c1.I. The van der Waals surface area contributed by atoms with Gasteiger partial charge in [-0.25, -0.2) is 0 Å². The second-order valence-corrected chi connectivity index (χ2v) is 4.35. The number of nitrogens with two attached hydrogens (primary N) is 1. The molecule has 0 fully saturated rings. The zero-order valence-electron chi connectivity index (χ0n) is 9.86. The van der Waals surface area contributed by atoms with Crippen molar-refractivity contribution >= 4 is 53.1 Å². The molecule has 0 aromatic heterocycles. The Kier molecular flexibility index (Phi) is 8.67. The third-order valence-electron chi connectivity index (χ3n) is 2.06. The van der Waals surface area contributed by atoms with E-state index < -0.39 is 6.10 Å². The first kappa shape index (κ1) is 17.8. The van der Waals surface area contributed by atoms with Crippen molar-refractivity contribution in [1.82, 2.24) is 5.32 Å². The minimum atomic E-state index is -0.775. The summed E-state index contributed by atoms with van der Waals surface area (Å²) in [5.74, 6) is 0.305. The first-order chi connectivity index (χ1) is 8.02. The third-order valence-corrected chi connectivity index (χ3v) is 2.50. The maximum absolute atomic E-state index is 9.88. The minimum Gasteiger partial charge on any atom is -0.386 e. The van der Waals surface area contributed by atoms with Crippen molar-refractivity contribution in [3.05, 3.63) is 33.8 Å². The number of aliphatic imine (C=N–C) groups is 1. The van der Waals surface area contributed by atoms with Gasteiger partial charge in [-0.1, -0.05) is 23.2 Å². The van der Waals surface area contributed by atoms with Crippen LogP contribution < -0.4 is 11.1 Å². The van der Waals surface area contributed by atoms with Gasteiger partial charge in [0.25, 0.3) is 0 Å². The molecule has 1 rings (SSSR count). The molecule has 4 nitrogen and oxygen atoms in total. The highest BCUT2D eigenvalue weighted by Gasteiger charge is 2.08. The molecule has 0 aliphatic heterocycles. The van der Waals surface area contributed by atoms with Crippen LogP contribution in [-0.4, -0.2) is 24.2 Å². The van der Waals surface area contributed by atoms with E-state index in [1.165, 1.54) is 0 Å². The number of rotatable bonds is 4. The molecular formula is C11H16Cl2IN3O. The Morgan fingerprint density at radius 3 is 2.44 bits per heavy atom. The Morgan fingerprint density at radius 1 is 1.39 bits per heavy atom. The first-order valence-electron chi connectivity index (χ1n) is 5.20. The highest BCUT2D eigenvalue weighted by Crippen LogP contribution is 2.23. The Hall–Kier alpha value is -0.240. The molecule has 0 aliphatic carbocycles. The van der Waals surface area contributed by atoms with Gasteiger partial charge in [0, 0.05) is 16.6 Å². The van der Waals surface area contributed by atoms with Crippen molar-refractivity contribution in [2.75, 3.05) is 13.1 Å². The van der Waals surface area contributed by atoms with Gasteiger partial charge in [-0.15, -0.1) is 24.0 Å². The van der Waals surface area contributed by atoms with Gasteiger partial charge in [0.1, 0.15) is 0 Å². The van der Waals surface area contributed by atoms with Gasteiger partial charge in [-0.2, -0.15) is 0 Å². The van der Waals surface area contributed by atoms with Crippen LogP contribution in [0.1, 0.15) is 18.6 Å². The Balaban J connectivity index is 0.00000289. The van der Waals surface area contributed by atoms with Crippen LogP contribution in [0.25, 0.3) is 0 Å². The lowest BCUT2D eigenvalue weighted by atomic mass is 10.1. The lowest BCUT2D eigenvalue weighted by Crippen LogP contribution is -2.31. The summed E-state index contributed by atoms with van der Waals surface area (Å²) in [5.41, 5.74) is 6.17. The molecule has 1 atom stereocenters. The number of benzene rings is 1. The smallest absolute Gasteiger partial charge is 0.188 e. The first-order valence-corrected chi connectivity index (χ1v) is 5.96. The summed E-state index contributed by atoms with van der Waals surface area (Å²) in [6.45, 7) is 2.76. The fraction of sp³-hybridized carbons (Fsp3) is 0.364. The van der Waals surface area contributed by atoms with E-state index in [9.17, 15) is 5.11 Å². The van der Waals surface area contributed by atoms with Gasteiger partial charge in [0.2, 0.25) is 0 Å². The van der Waals surface area contributed by atoms with Crippen molar-refractivity contribution in [3.63, 3.8) is 0 Å². The van der Waals surface area contributed by atoms with E-state index in [1.807, 2.05) is 6.92 Å². The predicted molar refractivity (Wildman–Crippen MR) is 87.0 cm³/mol. The predicted octanol–water partition coefficient (Wildman–Crippen LogP) is 2.57. The number of halogens is 3. The molecule has 0 spiro atoms. The molecule has 0 amide bonds. The lowest BCUT2D eigenvalue weighted by Gasteiger charge is -2.10. The summed E-state index contributed by atoms with van der Waals surface area (Å²) in [7, 11) is 0. The van der Waals surface area contributed by atoms with Gasteiger partial charge in [0.05, 0.1) is 12.6 Å². The summed E-state index contributed by atoms with van der Waals surface area (Å²) in [4.78, 5) is 4.00. The fourth-order valence-electron chi connectivity index (χ4n) is 1.29. The maximum Gasteiger partial charge on any atom is 0.188 e. The van der Waals surface area contributed by atoms with Crippen LogP contribution in [0.4, 0.5) is 0 Å². The maximum atomic E-state index is 9.88. The molecule has 0 saturated heterocycles. The second kappa shape index (κ2) is 8.79. The molecule has 0 aliphatic rings. The minimum absolute atomic E-state index is 0. The summed E-state index contributed by atoms with van der Waals surface area (Å²) >= 11 is 11.7. The topological polar surface area (TPSA) is 70.6 Å². The van der Waals surface area contributed by atoms with Crippen molar-refractivity contribution in [2.45, 2.75) is 13.0 Å².